The smallest absolute Gasteiger partial charge is 0.408 e. The van der Waals surface area contributed by atoms with Crippen LogP contribution in [0.1, 0.15) is 26.3 Å². The molecule has 0 aliphatic carbocycles. The molecule has 1 aromatic carbocycles. The molecule has 0 atom stereocenters. The van der Waals surface area contributed by atoms with E-state index in [9.17, 15) is 14.4 Å². The maximum atomic E-state index is 11.7. The molecule has 24 heavy (non-hydrogen) atoms. The number of anilines is 1. The summed E-state index contributed by atoms with van der Waals surface area (Å²) in [6.07, 6.45) is 0.547. The summed E-state index contributed by atoms with van der Waals surface area (Å²) in [7, 11) is 0. The molecule has 0 aliphatic heterocycles. The highest BCUT2D eigenvalue weighted by molar-refractivity contribution is 5.98. The molecular weight excluding hydrogens is 310 g/mol. The van der Waals surface area contributed by atoms with Gasteiger partial charge in [0, 0.05) is 12.2 Å². The minimum atomic E-state index is -0.639. The van der Waals surface area contributed by atoms with Crippen LogP contribution in [-0.2, 0) is 20.9 Å². The number of benzene rings is 1. The first kappa shape index (κ1) is 19.2. The van der Waals surface area contributed by atoms with Crippen molar-refractivity contribution in [3.05, 3.63) is 42.5 Å². The molecule has 0 saturated carbocycles. The molecular formula is C17H23N3O4. The minimum absolute atomic E-state index is 0.164. The molecule has 1 aromatic rings. The number of carbonyl (C=O) groups is 3. The topological polar surface area (TPSA) is 96.5 Å². The summed E-state index contributed by atoms with van der Waals surface area (Å²) in [6.45, 7) is 8.75. The lowest BCUT2D eigenvalue weighted by Gasteiger charge is -2.19. The molecule has 0 aliphatic rings. The first-order valence-electron chi connectivity index (χ1n) is 7.45. The summed E-state index contributed by atoms with van der Waals surface area (Å²) in [6, 6.07) is 7.00. The Morgan fingerprint density at radius 2 is 1.75 bits per heavy atom. The first-order valence-corrected chi connectivity index (χ1v) is 7.45. The van der Waals surface area contributed by atoms with Gasteiger partial charge in [0.05, 0.1) is 0 Å². The lowest BCUT2D eigenvalue weighted by atomic mass is 10.2. The summed E-state index contributed by atoms with van der Waals surface area (Å²) in [5.41, 5.74) is 0.891. The molecule has 3 amide bonds. The Bertz CT molecular complexity index is 603. The molecule has 1 rings (SSSR count). The van der Waals surface area contributed by atoms with Gasteiger partial charge in [-0.15, -0.1) is 0 Å². The minimum Gasteiger partial charge on any atom is -0.444 e. The Morgan fingerprint density at radius 1 is 1.12 bits per heavy atom. The van der Waals surface area contributed by atoms with Crippen LogP contribution < -0.4 is 16.0 Å². The highest BCUT2D eigenvalue weighted by Crippen LogP contribution is 2.09. The Balaban J connectivity index is 2.35. The van der Waals surface area contributed by atoms with Gasteiger partial charge in [-0.3, -0.25) is 9.59 Å². The maximum absolute atomic E-state index is 11.7. The van der Waals surface area contributed by atoms with Crippen molar-refractivity contribution in [3.63, 3.8) is 0 Å². The van der Waals surface area contributed by atoms with E-state index in [-0.39, 0.29) is 18.4 Å². The van der Waals surface area contributed by atoms with Gasteiger partial charge in [-0.1, -0.05) is 18.7 Å². The van der Waals surface area contributed by atoms with Gasteiger partial charge >= 0.3 is 6.09 Å². The van der Waals surface area contributed by atoms with Crippen LogP contribution in [0.15, 0.2) is 36.9 Å². The van der Waals surface area contributed by atoms with Gasteiger partial charge in [-0.05, 0) is 44.5 Å². The molecule has 3 N–H and O–H groups in total. The maximum Gasteiger partial charge on any atom is 0.408 e. The van der Waals surface area contributed by atoms with E-state index in [0.29, 0.717) is 12.2 Å². The lowest BCUT2D eigenvalue weighted by Crippen LogP contribution is -2.39. The van der Waals surface area contributed by atoms with E-state index in [1.54, 1.807) is 45.0 Å². The number of rotatable bonds is 6. The SMILES string of the molecule is C=CC(=O)Nc1ccc(CNC(=O)CNC(=O)OC(C)(C)C)cc1. The van der Waals surface area contributed by atoms with E-state index < -0.39 is 11.7 Å². The van der Waals surface area contributed by atoms with Gasteiger partial charge in [-0.2, -0.15) is 0 Å². The molecule has 0 saturated heterocycles. The summed E-state index contributed by atoms with van der Waals surface area (Å²) in [4.78, 5) is 34.3. The van der Waals surface area contributed by atoms with Gasteiger partial charge in [0.2, 0.25) is 11.8 Å². The average Bonchev–Trinajstić information content (AvgIpc) is 2.50. The number of amides is 3. The number of hydrogen-bond acceptors (Lipinski definition) is 4. The zero-order valence-corrected chi connectivity index (χ0v) is 14.1. The van der Waals surface area contributed by atoms with Crippen LogP contribution in [0.3, 0.4) is 0 Å². The van der Waals surface area contributed by atoms with Crippen LogP contribution >= 0.6 is 0 Å². The van der Waals surface area contributed by atoms with Crippen molar-refractivity contribution in [3.8, 4) is 0 Å². The Morgan fingerprint density at radius 3 is 2.29 bits per heavy atom. The normalized spacial score (nSPS) is 10.5. The number of nitrogens with one attached hydrogen (secondary N) is 3. The molecule has 0 unspecified atom stereocenters. The van der Waals surface area contributed by atoms with Crippen molar-refractivity contribution in [1.82, 2.24) is 10.6 Å². The second-order valence-electron chi connectivity index (χ2n) is 6.02. The second-order valence-corrected chi connectivity index (χ2v) is 6.02. The third-order valence-corrected chi connectivity index (χ3v) is 2.69. The summed E-state index contributed by atoms with van der Waals surface area (Å²) in [5, 5.41) is 7.69. The van der Waals surface area contributed by atoms with Crippen molar-refractivity contribution in [1.29, 1.82) is 0 Å². The van der Waals surface area contributed by atoms with Crippen LogP contribution in [0.4, 0.5) is 10.5 Å². The highest BCUT2D eigenvalue weighted by Gasteiger charge is 2.16. The number of carbonyl (C=O) groups excluding carboxylic acids is 3. The van der Waals surface area contributed by atoms with E-state index in [4.69, 9.17) is 4.74 Å². The molecule has 0 radical (unpaired) electrons. The number of ether oxygens (including phenoxy) is 1. The van der Waals surface area contributed by atoms with Crippen LogP contribution in [0.5, 0.6) is 0 Å². The van der Waals surface area contributed by atoms with E-state index in [0.717, 1.165) is 5.56 Å². The number of hydrogen-bond donors (Lipinski definition) is 3. The average molecular weight is 333 g/mol. The molecule has 7 nitrogen and oxygen atoms in total. The van der Waals surface area contributed by atoms with Gasteiger partial charge in [0.25, 0.3) is 0 Å². The number of alkyl carbamates (subject to hydrolysis) is 1. The fourth-order valence-corrected chi connectivity index (χ4v) is 1.63. The predicted molar refractivity (Wildman–Crippen MR) is 91.4 cm³/mol. The van der Waals surface area contributed by atoms with E-state index >= 15 is 0 Å². The molecule has 7 heteroatoms. The zero-order chi connectivity index (χ0) is 18.2. The quantitative estimate of drug-likeness (QED) is 0.693. The standard InChI is InChI=1S/C17H23N3O4/c1-5-14(21)20-13-8-6-12(7-9-13)10-18-15(22)11-19-16(23)24-17(2,3)4/h5-9H,1,10-11H2,2-4H3,(H,18,22)(H,19,23)(H,20,21). The van der Waals surface area contributed by atoms with Gasteiger partial charge in [0.1, 0.15) is 12.1 Å². The predicted octanol–water partition coefficient (Wildman–Crippen LogP) is 1.95. The fraction of sp³-hybridized carbons (Fsp3) is 0.353. The highest BCUT2D eigenvalue weighted by atomic mass is 16.6. The van der Waals surface area contributed by atoms with E-state index in [2.05, 4.69) is 22.5 Å². The van der Waals surface area contributed by atoms with Gasteiger partial charge in [0.15, 0.2) is 0 Å². The fourth-order valence-electron chi connectivity index (χ4n) is 1.63. The summed E-state index contributed by atoms with van der Waals surface area (Å²) in [5.74, 6) is -0.617. The lowest BCUT2D eigenvalue weighted by molar-refractivity contribution is -0.120. The van der Waals surface area contributed by atoms with Crippen molar-refractivity contribution in [2.45, 2.75) is 32.9 Å². The molecule has 0 fully saturated rings. The Kier molecular flexibility index (Phi) is 6.98. The molecule has 130 valence electrons. The first-order chi connectivity index (χ1) is 11.2. The monoisotopic (exact) mass is 333 g/mol. The van der Waals surface area contributed by atoms with E-state index in [1.165, 1.54) is 6.08 Å². The van der Waals surface area contributed by atoms with Crippen molar-refractivity contribution >= 4 is 23.6 Å². The third-order valence-electron chi connectivity index (χ3n) is 2.69. The summed E-state index contributed by atoms with van der Waals surface area (Å²) < 4.78 is 5.03. The largest absolute Gasteiger partial charge is 0.444 e. The van der Waals surface area contributed by atoms with Crippen LogP contribution in [0, 0.1) is 0 Å². The Hall–Kier alpha value is -2.83. The van der Waals surface area contributed by atoms with Crippen LogP contribution in [0.2, 0.25) is 0 Å². The van der Waals surface area contributed by atoms with Gasteiger partial charge in [-0.25, -0.2) is 4.79 Å². The molecule has 0 heterocycles. The van der Waals surface area contributed by atoms with Gasteiger partial charge < -0.3 is 20.7 Å². The van der Waals surface area contributed by atoms with Crippen LogP contribution in [0.25, 0.3) is 0 Å². The van der Waals surface area contributed by atoms with Crippen molar-refractivity contribution in [2.75, 3.05) is 11.9 Å². The molecule has 0 bridgehead atoms. The zero-order valence-electron chi connectivity index (χ0n) is 14.1. The van der Waals surface area contributed by atoms with Crippen molar-refractivity contribution < 1.29 is 19.1 Å². The summed E-state index contributed by atoms with van der Waals surface area (Å²) >= 11 is 0. The van der Waals surface area contributed by atoms with E-state index in [1.807, 2.05) is 0 Å². The molecule has 0 spiro atoms. The van der Waals surface area contributed by atoms with Crippen LogP contribution in [-0.4, -0.2) is 30.1 Å². The molecule has 0 aromatic heterocycles. The van der Waals surface area contributed by atoms with Crippen molar-refractivity contribution in [2.24, 2.45) is 0 Å². The third kappa shape index (κ3) is 7.98. The second kappa shape index (κ2) is 8.71. The Labute approximate surface area is 141 Å².